The Morgan fingerprint density at radius 1 is 1.18 bits per heavy atom. The lowest BCUT2D eigenvalue weighted by molar-refractivity contribution is -0.147. The zero-order valence-corrected chi connectivity index (χ0v) is 14.5. The fourth-order valence-electron chi connectivity index (χ4n) is 1.55. The molecule has 6 nitrogen and oxygen atoms in total. The summed E-state index contributed by atoms with van der Waals surface area (Å²) in [5.74, 6) is -1.34. The molecular formula is C15H19IN2O4. The summed E-state index contributed by atoms with van der Waals surface area (Å²) in [7, 11) is 0. The molecule has 7 heteroatoms. The van der Waals surface area contributed by atoms with Crippen molar-refractivity contribution in [3.05, 3.63) is 33.4 Å². The number of hydrogen-bond acceptors (Lipinski definition) is 4. The van der Waals surface area contributed by atoms with Crippen LogP contribution in [0.2, 0.25) is 0 Å². The predicted octanol–water partition coefficient (Wildman–Crippen LogP) is 1.48. The standard InChI is InChI=1S/C15H19IN2O4/c1-2-3-8-17-13(19)10-22-14(20)9-18-15(21)11-6-4-5-7-12(11)16/h4-7H,2-3,8-10H2,1H3,(H,17,19)(H,18,21). The first-order valence-corrected chi connectivity index (χ1v) is 8.07. The summed E-state index contributed by atoms with van der Waals surface area (Å²) in [5, 5.41) is 5.10. The van der Waals surface area contributed by atoms with Gasteiger partial charge in [0.15, 0.2) is 6.61 Å². The van der Waals surface area contributed by atoms with Crippen LogP contribution in [0.25, 0.3) is 0 Å². The average Bonchev–Trinajstić information content (AvgIpc) is 2.51. The second-order valence-corrected chi connectivity index (χ2v) is 5.69. The number of rotatable bonds is 8. The molecule has 0 radical (unpaired) electrons. The molecule has 0 atom stereocenters. The first-order valence-electron chi connectivity index (χ1n) is 6.99. The van der Waals surface area contributed by atoms with Gasteiger partial charge in [-0.2, -0.15) is 0 Å². The highest BCUT2D eigenvalue weighted by Gasteiger charge is 2.12. The van der Waals surface area contributed by atoms with E-state index in [0.717, 1.165) is 16.4 Å². The predicted molar refractivity (Wildman–Crippen MR) is 90.4 cm³/mol. The van der Waals surface area contributed by atoms with E-state index >= 15 is 0 Å². The van der Waals surface area contributed by atoms with E-state index in [-0.39, 0.29) is 25.0 Å². The van der Waals surface area contributed by atoms with Crippen molar-refractivity contribution in [2.75, 3.05) is 19.7 Å². The van der Waals surface area contributed by atoms with E-state index in [9.17, 15) is 14.4 Å². The molecule has 0 saturated heterocycles. The van der Waals surface area contributed by atoms with Crippen LogP contribution in [0.3, 0.4) is 0 Å². The molecular weight excluding hydrogens is 399 g/mol. The van der Waals surface area contributed by atoms with Gasteiger partial charge in [0.1, 0.15) is 6.54 Å². The fourth-order valence-corrected chi connectivity index (χ4v) is 2.18. The number of esters is 1. The third-order valence-electron chi connectivity index (χ3n) is 2.73. The summed E-state index contributed by atoms with van der Waals surface area (Å²) in [5.41, 5.74) is 0.494. The summed E-state index contributed by atoms with van der Waals surface area (Å²) in [4.78, 5) is 34.7. The number of carbonyl (C=O) groups is 3. The molecule has 0 heterocycles. The van der Waals surface area contributed by atoms with Crippen LogP contribution in [-0.2, 0) is 14.3 Å². The zero-order valence-electron chi connectivity index (χ0n) is 12.4. The van der Waals surface area contributed by atoms with Crippen LogP contribution in [-0.4, -0.2) is 37.5 Å². The van der Waals surface area contributed by atoms with E-state index in [1.54, 1.807) is 18.2 Å². The number of nitrogens with one attached hydrogen (secondary N) is 2. The van der Waals surface area contributed by atoms with Gasteiger partial charge >= 0.3 is 5.97 Å². The molecule has 2 N–H and O–H groups in total. The first-order chi connectivity index (χ1) is 10.5. The van der Waals surface area contributed by atoms with Crippen LogP contribution < -0.4 is 10.6 Å². The largest absolute Gasteiger partial charge is 0.454 e. The Morgan fingerprint density at radius 2 is 1.91 bits per heavy atom. The molecule has 1 aromatic rings. The Hall–Kier alpha value is -1.64. The summed E-state index contributed by atoms with van der Waals surface area (Å²) in [6.07, 6.45) is 1.86. The fraction of sp³-hybridized carbons (Fsp3) is 0.400. The van der Waals surface area contributed by atoms with Gasteiger partial charge in [-0.25, -0.2) is 0 Å². The molecule has 0 aliphatic heterocycles. The normalized spacial score (nSPS) is 9.91. The summed E-state index contributed by atoms with van der Waals surface area (Å²) in [6, 6.07) is 7.04. The van der Waals surface area contributed by atoms with E-state index in [4.69, 9.17) is 4.74 Å². The third-order valence-corrected chi connectivity index (χ3v) is 3.67. The van der Waals surface area contributed by atoms with Crippen molar-refractivity contribution < 1.29 is 19.1 Å². The van der Waals surface area contributed by atoms with Crippen molar-refractivity contribution in [3.63, 3.8) is 0 Å². The minimum atomic E-state index is -0.648. The molecule has 0 unspecified atom stereocenters. The molecule has 120 valence electrons. The van der Waals surface area contributed by atoms with Gasteiger partial charge in [0, 0.05) is 10.1 Å². The van der Waals surface area contributed by atoms with Gasteiger partial charge in [-0.3, -0.25) is 14.4 Å². The molecule has 22 heavy (non-hydrogen) atoms. The molecule has 0 saturated carbocycles. The Labute approximate surface area is 143 Å². The molecule has 0 aliphatic rings. The van der Waals surface area contributed by atoms with Crippen LogP contribution in [0.15, 0.2) is 24.3 Å². The maximum atomic E-state index is 11.9. The van der Waals surface area contributed by atoms with Crippen molar-refractivity contribution in [3.8, 4) is 0 Å². The second kappa shape index (κ2) is 10.1. The van der Waals surface area contributed by atoms with Crippen molar-refractivity contribution in [2.45, 2.75) is 19.8 Å². The van der Waals surface area contributed by atoms with E-state index in [1.807, 2.05) is 35.6 Å². The lowest BCUT2D eigenvalue weighted by atomic mass is 10.2. The second-order valence-electron chi connectivity index (χ2n) is 4.53. The molecule has 1 rings (SSSR count). The molecule has 1 aromatic carbocycles. The van der Waals surface area contributed by atoms with Crippen LogP contribution in [0.4, 0.5) is 0 Å². The quantitative estimate of drug-likeness (QED) is 0.381. The van der Waals surface area contributed by atoms with Gasteiger partial charge in [0.2, 0.25) is 0 Å². The van der Waals surface area contributed by atoms with E-state index < -0.39 is 5.97 Å². The zero-order chi connectivity index (χ0) is 16.4. The number of unbranched alkanes of at least 4 members (excludes halogenated alkanes) is 1. The molecule has 0 aliphatic carbocycles. The minimum Gasteiger partial charge on any atom is -0.454 e. The number of hydrogen-bond donors (Lipinski definition) is 2. The summed E-state index contributed by atoms with van der Waals surface area (Å²) in [6.45, 7) is 1.98. The molecule has 0 spiro atoms. The van der Waals surface area contributed by atoms with Crippen LogP contribution in [0.1, 0.15) is 30.1 Å². The maximum absolute atomic E-state index is 11.9. The smallest absolute Gasteiger partial charge is 0.325 e. The van der Waals surface area contributed by atoms with Crippen molar-refractivity contribution >= 4 is 40.4 Å². The van der Waals surface area contributed by atoms with Crippen LogP contribution >= 0.6 is 22.6 Å². The molecule has 0 aromatic heterocycles. The van der Waals surface area contributed by atoms with Crippen molar-refractivity contribution in [1.29, 1.82) is 0 Å². The van der Waals surface area contributed by atoms with Gasteiger partial charge in [-0.15, -0.1) is 0 Å². The van der Waals surface area contributed by atoms with Gasteiger partial charge in [0.05, 0.1) is 5.56 Å². The summed E-state index contributed by atoms with van der Waals surface area (Å²) < 4.78 is 5.58. The highest BCUT2D eigenvalue weighted by Crippen LogP contribution is 2.10. The Kier molecular flexibility index (Phi) is 8.49. The lowest BCUT2D eigenvalue weighted by Crippen LogP contribution is -2.34. The number of ether oxygens (including phenoxy) is 1. The van der Waals surface area contributed by atoms with Gasteiger partial charge in [0.25, 0.3) is 11.8 Å². The maximum Gasteiger partial charge on any atom is 0.325 e. The number of halogens is 1. The van der Waals surface area contributed by atoms with E-state index in [2.05, 4.69) is 10.6 Å². The minimum absolute atomic E-state index is 0.272. The monoisotopic (exact) mass is 418 g/mol. The van der Waals surface area contributed by atoms with E-state index in [0.29, 0.717) is 12.1 Å². The number of amides is 2. The summed E-state index contributed by atoms with van der Waals surface area (Å²) >= 11 is 2.04. The topological polar surface area (TPSA) is 84.5 Å². The van der Waals surface area contributed by atoms with Gasteiger partial charge in [-0.1, -0.05) is 25.5 Å². The average molecular weight is 418 g/mol. The molecule has 0 bridgehead atoms. The van der Waals surface area contributed by atoms with Crippen LogP contribution in [0, 0.1) is 3.57 Å². The molecule has 0 fully saturated rings. The Bertz CT molecular complexity index is 534. The van der Waals surface area contributed by atoms with Crippen LogP contribution in [0.5, 0.6) is 0 Å². The first kappa shape index (κ1) is 18.4. The SMILES string of the molecule is CCCCNC(=O)COC(=O)CNC(=O)c1ccccc1I. The van der Waals surface area contributed by atoms with E-state index in [1.165, 1.54) is 0 Å². The highest BCUT2D eigenvalue weighted by atomic mass is 127. The van der Waals surface area contributed by atoms with Crippen molar-refractivity contribution in [1.82, 2.24) is 10.6 Å². The third kappa shape index (κ3) is 6.88. The highest BCUT2D eigenvalue weighted by molar-refractivity contribution is 14.1. The van der Waals surface area contributed by atoms with Crippen molar-refractivity contribution in [2.24, 2.45) is 0 Å². The van der Waals surface area contributed by atoms with Gasteiger partial charge in [-0.05, 0) is 41.1 Å². The van der Waals surface area contributed by atoms with Gasteiger partial charge < -0.3 is 15.4 Å². The number of benzene rings is 1. The Balaban J connectivity index is 2.27. The Morgan fingerprint density at radius 3 is 2.59 bits per heavy atom. The lowest BCUT2D eigenvalue weighted by Gasteiger charge is -2.08. The number of carbonyl (C=O) groups excluding carboxylic acids is 3. The molecule has 2 amide bonds.